The van der Waals surface area contributed by atoms with Crippen LogP contribution in [-0.4, -0.2) is 40.2 Å². The molecule has 0 amide bonds. The van der Waals surface area contributed by atoms with Crippen molar-refractivity contribution in [1.29, 1.82) is 0 Å². The van der Waals surface area contributed by atoms with Crippen molar-refractivity contribution in [2.24, 2.45) is 0 Å². The molecule has 2 aromatic rings. The first kappa shape index (κ1) is 13.8. The van der Waals surface area contributed by atoms with Gasteiger partial charge in [0.25, 0.3) is 0 Å². The lowest BCUT2D eigenvalue weighted by Crippen LogP contribution is -2.07. The number of hydrogen-bond donors (Lipinski definition) is 2. The van der Waals surface area contributed by atoms with Crippen LogP contribution in [0.3, 0.4) is 0 Å². The molecule has 2 N–H and O–H groups in total. The van der Waals surface area contributed by atoms with E-state index in [1.165, 1.54) is 7.11 Å². The maximum Gasteiger partial charge on any atom is 0.361 e. The van der Waals surface area contributed by atoms with Crippen molar-refractivity contribution in [3.05, 3.63) is 23.6 Å². The summed E-state index contributed by atoms with van der Waals surface area (Å²) in [5.74, 6) is -1.78. The number of nitrogens with one attached hydrogen (secondary N) is 1. The number of phenolic OH excluding ortho intramolecular Hbond substituents is 1. The number of ether oxygens (including phenoxy) is 2. The number of halogens is 1. The van der Waals surface area contributed by atoms with E-state index in [0.717, 1.165) is 12.1 Å². The summed E-state index contributed by atoms with van der Waals surface area (Å²) in [6.07, 6.45) is 0. The molecule has 0 unspecified atom stereocenters. The normalized spacial score (nSPS) is 10.3. The van der Waals surface area contributed by atoms with Crippen LogP contribution < -0.4 is 4.74 Å². The molecular weight excluding hydrogens is 269 g/mol. The minimum Gasteiger partial charge on any atom is -0.504 e. The van der Waals surface area contributed by atoms with Crippen molar-refractivity contribution in [3.63, 3.8) is 0 Å². The second kappa shape index (κ2) is 5.55. The molecule has 106 valence electrons. The molecule has 0 saturated heterocycles. The molecule has 0 bridgehead atoms. The summed E-state index contributed by atoms with van der Waals surface area (Å²) in [6.45, 7) is 1.80. The summed E-state index contributed by atoms with van der Waals surface area (Å²) >= 11 is 0. The minimum atomic E-state index is -0.723. The van der Waals surface area contributed by atoms with Gasteiger partial charge in [0.1, 0.15) is 11.5 Å². The van der Waals surface area contributed by atoms with Gasteiger partial charge in [0.2, 0.25) is 0 Å². The van der Waals surface area contributed by atoms with Gasteiger partial charge in [-0.1, -0.05) is 0 Å². The molecule has 0 aliphatic carbocycles. The number of carbonyl (C=O) groups is 1. The highest BCUT2D eigenvalue weighted by Gasteiger charge is 2.23. The van der Waals surface area contributed by atoms with Gasteiger partial charge in [0, 0.05) is 6.07 Å². The number of carbonyl (C=O) groups excluding carboxylic acids is 1. The summed E-state index contributed by atoms with van der Waals surface area (Å²) < 4.78 is 23.2. The van der Waals surface area contributed by atoms with Crippen LogP contribution in [0.25, 0.3) is 11.3 Å². The number of aromatic amines is 1. The van der Waals surface area contributed by atoms with E-state index in [9.17, 15) is 14.3 Å². The number of H-pyrrole nitrogens is 1. The van der Waals surface area contributed by atoms with Gasteiger partial charge in [-0.2, -0.15) is 10.3 Å². The Kier molecular flexibility index (Phi) is 3.83. The van der Waals surface area contributed by atoms with Gasteiger partial charge in [-0.25, -0.2) is 9.18 Å². The van der Waals surface area contributed by atoms with E-state index in [-0.39, 0.29) is 35.1 Å². The number of rotatable bonds is 4. The number of phenols is 1. The van der Waals surface area contributed by atoms with Gasteiger partial charge in [-0.05, 0) is 13.0 Å². The molecule has 20 heavy (non-hydrogen) atoms. The monoisotopic (exact) mass is 281 g/mol. The molecule has 8 heteroatoms. The fraction of sp³-hybridized carbons (Fsp3) is 0.250. The van der Waals surface area contributed by atoms with Crippen molar-refractivity contribution >= 4 is 5.97 Å². The summed E-state index contributed by atoms with van der Waals surface area (Å²) in [5, 5.41) is 19.6. The zero-order valence-electron chi connectivity index (χ0n) is 10.8. The highest BCUT2D eigenvalue weighted by atomic mass is 19.1. The third-order valence-electron chi connectivity index (χ3n) is 2.53. The van der Waals surface area contributed by atoms with E-state index in [1.54, 1.807) is 6.92 Å². The Morgan fingerprint density at radius 2 is 2.20 bits per heavy atom. The number of hydrogen-bond acceptors (Lipinski definition) is 6. The average Bonchev–Trinajstić information content (AvgIpc) is 2.90. The van der Waals surface area contributed by atoms with Gasteiger partial charge in [-0.3, -0.25) is 0 Å². The second-order valence-corrected chi connectivity index (χ2v) is 3.75. The molecule has 0 atom stereocenters. The van der Waals surface area contributed by atoms with E-state index < -0.39 is 11.8 Å². The quantitative estimate of drug-likeness (QED) is 0.824. The van der Waals surface area contributed by atoms with E-state index in [4.69, 9.17) is 9.47 Å². The molecule has 0 fully saturated rings. The minimum absolute atomic E-state index is 0.0150. The van der Waals surface area contributed by atoms with Crippen LogP contribution in [-0.2, 0) is 4.74 Å². The lowest BCUT2D eigenvalue weighted by molar-refractivity contribution is 0.0520. The summed E-state index contributed by atoms with van der Waals surface area (Å²) in [7, 11) is 1.29. The first-order chi connectivity index (χ1) is 9.58. The molecule has 0 saturated carbocycles. The van der Waals surface area contributed by atoms with Gasteiger partial charge in [-0.15, -0.1) is 5.10 Å². The van der Waals surface area contributed by atoms with E-state index >= 15 is 0 Å². The van der Waals surface area contributed by atoms with E-state index in [1.807, 2.05) is 0 Å². The number of aromatic nitrogens is 3. The second-order valence-electron chi connectivity index (χ2n) is 3.75. The van der Waals surface area contributed by atoms with Crippen molar-refractivity contribution in [2.45, 2.75) is 6.92 Å². The Morgan fingerprint density at radius 3 is 2.85 bits per heavy atom. The predicted molar refractivity (Wildman–Crippen MR) is 66.0 cm³/mol. The maximum atomic E-state index is 13.5. The molecular formula is C12H12FN3O4. The van der Waals surface area contributed by atoms with Crippen molar-refractivity contribution in [3.8, 4) is 22.8 Å². The molecule has 1 aromatic heterocycles. The van der Waals surface area contributed by atoms with Gasteiger partial charge >= 0.3 is 5.97 Å². The molecule has 0 aliphatic rings. The van der Waals surface area contributed by atoms with Crippen LogP contribution in [0.5, 0.6) is 11.5 Å². The third kappa shape index (κ3) is 2.40. The summed E-state index contributed by atoms with van der Waals surface area (Å²) in [5.41, 5.74) is -0.174. The first-order valence-corrected chi connectivity index (χ1v) is 5.73. The number of aromatic hydroxyl groups is 1. The zero-order valence-corrected chi connectivity index (χ0v) is 10.8. The standard InChI is InChI=1S/C12H12FN3O4/c1-3-20-12(18)10-9(14-16-15-10)7-4-6(13)5-8(19-2)11(7)17/h4-5,17H,3H2,1-2H3,(H,14,15,16). The Balaban J connectivity index is 2.55. The SMILES string of the molecule is CCOC(=O)c1n[nH]nc1-c1cc(F)cc(OC)c1O. The lowest BCUT2D eigenvalue weighted by Gasteiger charge is -2.08. The molecule has 1 heterocycles. The predicted octanol–water partition coefficient (Wildman–Crippen LogP) is 1.50. The fourth-order valence-corrected chi connectivity index (χ4v) is 1.67. The van der Waals surface area contributed by atoms with Crippen LogP contribution in [0.15, 0.2) is 12.1 Å². The van der Waals surface area contributed by atoms with E-state index in [0.29, 0.717) is 0 Å². The Labute approximate surface area is 113 Å². The van der Waals surface area contributed by atoms with Crippen molar-refractivity contribution in [2.75, 3.05) is 13.7 Å². The summed E-state index contributed by atoms with van der Waals surface area (Å²) in [4.78, 5) is 11.7. The van der Waals surface area contributed by atoms with Gasteiger partial charge < -0.3 is 14.6 Å². The average molecular weight is 281 g/mol. The van der Waals surface area contributed by atoms with Crippen LogP contribution >= 0.6 is 0 Å². The Morgan fingerprint density at radius 1 is 1.45 bits per heavy atom. The maximum absolute atomic E-state index is 13.5. The molecule has 0 aliphatic heterocycles. The number of nitrogens with zero attached hydrogens (tertiary/aromatic N) is 2. The molecule has 1 aromatic carbocycles. The number of benzene rings is 1. The van der Waals surface area contributed by atoms with Gasteiger partial charge in [0.15, 0.2) is 17.2 Å². The Hall–Kier alpha value is -2.64. The highest BCUT2D eigenvalue weighted by Crippen LogP contribution is 2.38. The first-order valence-electron chi connectivity index (χ1n) is 5.73. The van der Waals surface area contributed by atoms with Crippen LogP contribution in [0.1, 0.15) is 17.4 Å². The topological polar surface area (TPSA) is 97.3 Å². The van der Waals surface area contributed by atoms with Crippen molar-refractivity contribution in [1.82, 2.24) is 15.4 Å². The smallest absolute Gasteiger partial charge is 0.361 e. The van der Waals surface area contributed by atoms with Crippen LogP contribution in [0, 0.1) is 5.82 Å². The third-order valence-corrected chi connectivity index (χ3v) is 2.53. The van der Waals surface area contributed by atoms with Crippen molar-refractivity contribution < 1.29 is 23.8 Å². The van der Waals surface area contributed by atoms with E-state index in [2.05, 4.69) is 15.4 Å². The highest BCUT2D eigenvalue weighted by molar-refractivity contribution is 5.95. The molecule has 7 nitrogen and oxygen atoms in total. The fourth-order valence-electron chi connectivity index (χ4n) is 1.67. The van der Waals surface area contributed by atoms with Crippen LogP contribution in [0.2, 0.25) is 0 Å². The zero-order chi connectivity index (χ0) is 14.7. The lowest BCUT2D eigenvalue weighted by atomic mass is 10.1. The largest absolute Gasteiger partial charge is 0.504 e. The molecule has 2 rings (SSSR count). The summed E-state index contributed by atoms with van der Waals surface area (Å²) in [6, 6.07) is 2.04. The van der Waals surface area contributed by atoms with Gasteiger partial charge in [0.05, 0.1) is 19.3 Å². The number of esters is 1. The van der Waals surface area contributed by atoms with Crippen LogP contribution in [0.4, 0.5) is 4.39 Å². The molecule has 0 radical (unpaired) electrons. The molecule has 0 spiro atoms. The Bertz CT molecular complexity index is 642. The number of methoxy groups -OCH3 is 1.